The molecule has 1 saturated heterocycles. The van der Waals surface area contributed by atoms with Crippen LogP contribution in [0, 0.1) is 6.92 Å². The van der Waals surface area contributed by atoms with Gasteiger partial charge in [0.05, 0.1) is 6.04 Å². The Labute approximate surface area is 90.5 Å². The molecule has 0 spiro atoms. The van der Waals surface area contributed by atoms with Gasteiger partial charge < -0.3 is 5.11 Å². The highest BCUT2D eigenvalue weighted by molar-refractivity contribution is 8.00. The van der Waals surface area contributed by atoms with Crippen LogP contribution in [0.3, 0.4) is 0 Å². The van der Waals surface area contributed by atoms with Crippen molar-refractivity contribution in [2.45, 2.75) is 18.3 Å². The van der Waals surface area contributed by atoms with Crippen molar-refractivity contribution in [2.24, 2.45) is 0 Å². The molecule has 1 aromatic rings. The van der Waals surface area contributed by atoms with Crippen LogP contribution in [-0.2, 0) is 4.79 Å². The fourth-order valence-electron chi connectivity index (χ4n) is 1.51. The Kier molecular flexibility index (Phi) is 2.80. The summed E-state index contributed by atoms with van der Waals surface area (Å²) in [6.07, 6.45) is 0. The van der Waals surface area contributed by atoms with E-state index in [1.54, 1.807) is 11.3 Å². The molecular formula is C9H11NO2S2. The molecule has 5 heteroatoms. The first-order chi connectivity index (χ1) is 6.68. The van der Waals surface area contributed by atoms with E-state index in [0.717, 1.165) is 5.75 Å². The molecule has 2 atom stereocenters. The SMILES string of the molecule is Cc1ccsc1[C@H]1CS[C@H](C(=O)O)N1. The average Bonchev–Trinajstić information content (AvgIpc) is 2.71. The number of nitrogens with one attached hydrogen (secondary N) is 1. The first-order valence-corrected chi connectivity index (χ1v) is 6.26. The second kappa shape index (κ2) is 3.92. The van der Waals surface area contributed by atoms with Crippen LogP contribution in [0.15, 0.2) is 11.4 Å². The summed E-state index contributed by atoms with van der Waals surface area (Å²) < 4.78 is 0. The summed E-state index contributed by atoms with van der Waals surface area (Å²) in [7, 11) is 0. The summed E-state index contributed by atoms with van der Waals surface area (Å²) in [5, 5.41) is 13.5. The standard InChI is InChI=1S/C9H11NO2S2/c1-5-2-3-13-7(5)6-4-14-8(10-6)9(11)12/h2-3,6,8,10H,4H2,1H3,(H,11,12)/t6-,8-/m1/s1. The van der Waals surface area contributed by atoms with Gasteiger partial charge >= 0.3 is 5.97 Å². The minimum atomic E-state index is -0.772. The van der Waals surface area contributed by atoms with Gasteiger partial charge in [-0.25, -0.2) is 4.79 Å². The first kappa shape index (κ1) is 10.0. The monoisotopic (exact) mass is 229 g/mol. The van der Waals surface area contributed by atoms with Crippen molar-refractivity contribution in [1.82, 2.24) is 5.32 Å². The van der Waals surface area contributed by atoms with Crippen molar-refractivity contribution >= 4 is 29.1 Å². The number of thiophene rings is 1. The molecule has 1 aliphatic heterocycles. The van der Waals surface area contributed by atoms with Gasteiger partial charge in [-0.05, 0) is 23.9 Å². The van der Waals surface area contributed by atoms with E-state index in [4.69, 9.17) is 5.11 Å². The van der Waals surface area contributed by atoms with E-state index in [2.05, 4.69) is 18.3 Å². The number of hydrogen-bond donors (Lipinski definition) is 2. The highest BCUT2D eigenvalue weighted by Gasteiger charge is 2.31. The molecule has 1 fully saturated rings. The van der Waals surface area contributed by atoms with E-state index in [0.29, 0.717) is 0 Å². The second-order valence-electron chi connectivity index (χ2n) is 3.24. The predicted molar refractivity (Wildman–Crippen MR) is 58.8 cm³/mol. The average molecular weight is 229 g/mol. The van der Waals surface area contributed by atoms with Crippen LogP contribution in [0.4, 0.5) is 0 Å². The van der Waals surface area contributed by atoms with Crippen molar-refractivity contribution in [3.8, 4) is 0 Å². The van der Waals surface area contributed by atoms with E-state index in [9.17, 15) is 4.79 Å². The van der Waals surface area contributed by atoms with Crippen LogP contribution in [-0.4, -0.2) is 22.2 Å². The molecule has 0 bridgehead atoms. The van der Waals surface area contributed by atoms with Gasteiger partial charge in [-0.15, -0.1) is 23.1 Å². The molecule has 0 unspecified atom stereocenters. The number of aliphatic carboxylic acids is 1. The lowest BCUT2D eigenvalue weighted by Crippen LogP contribution is -2.30. The topological polar surface area (TPSA) is 49.3 Å². The van der Waals surface area contributed by atoms with E-state index in [-0.39, 0.29) is 6.04 Å². The van der Waals surface area contributed by atoms with E-state index >= 15 is 0 Å². The molecule has 1 aliphatic rings. The van der Waals surface area contributed by atoms with Gasteiger partial charge in [0.1, 0.15) is 0 Å². The van der Waals surface area contributed by atoms with Gasteiger partial charge in [-0.1, -0.05) is 0 Å². The Morgan fingerprint density at radius 3 is 3.00 bits per heavy atom. The third-order valence-corrected chi connectivity index (χ3v) is 4.55. The Bertz CT molecular complexity index is 350. The van der Waals surface area contributed by atoms with Crippen molar-refractivity contribution in [3.63, 3.8) is 0 Å². The summed E-state index contributed by atoms with van der Waals surface area (Å²) in [4.78, 5) is 12.0. The number of carboxylic acids is 1. The Balaban J connectivity index is 2.10. The lowest BCUT2D eigenvalue weighted by atomic mass is 10.2. The van der Waals surface area contributed by atoms with Crippen LogP contribution in [0.1, 0.15) is 16.5 Å². The summed E-state index contributed by atoms with van der Waals surface area (Å²) >= 11 is 3.15. The molecule has 0 radical (unpaired) electrons. The molecule has 2 N–H and O–H groups in total. The maximum absolute atomic E-state index is 10.7. The maximum Gasteiger partial charge on any atom is 0.331 e. The minimum absolute atomic E-state index is 0.209. The van der Waals surface area contributed by atoms with Gasteiger partial charge in [0.25, 0.3) is 0 Å². The van der Waals surface area contributed by atoms with Crippen LogP contribution >= 0.6 is 23.1 Å². The fourth-order valence-corrected chi connectivity index (χ4v) is 3.65. The summed E-state index contributed by atoms with van der Waals surface area (Å²) in [5.41, 5.74) is 1.25. The molecule has 0 saturated carbocycles. The molecule has 0 amide bonds. The zero-order valence-corrected chi connectivity index (χ0v) is 9.32. The van der Waals surface area contributed by atoms with Crippen LogP contribution in [0.5, 0.6) is 0 Å². The van der Waals surface area contributed by atoms with Crippen LogP contribution in [0.2, 0.25) is 0 Å². The van der Waals surface area contributed by atoms with Gasteiger partial charge in [0.2, 0.25) is 0 Å². The lowest BCUT2D eigenvalue weighted by molar-refractivity contribution is -0.136. The van der Waals surface area contributed by atoms with Crippen LogP contribution in [0.25, 0.3) is 0 Å². The molecule has 76 valence electrons. The summed E-state index contributed by atoms with van der Waals surface area (Å²) in [6.45, 7) is 2.06. The Morgan fingerprint density at radius 1 is 1.71 bits per heavy atom. The lowest BCUT2D eigenvalue weighted by Gasteiger charge is -2.09. The third-order valence-electron chi connectivity index (χ3n) is 2.22. The molecular weight excluding hydrogens is 218 g/mol. The largest absolute Gasteiger partial charge is 0.479 e. The third kappa shape index (κ3) is 1.80. The van der Waals surface area contributed by atoms with Gasteiger partial charge in [0.15, 0.2) is 5.37 Å². The number of thioether (sulfide) groups is 1. The highest BCUT2D eigenvalue weighted by Crippen LogP contribution is 2.33. The number of aryl methyl sites for hydroxylation is 1. The van der Waals surface area contributed by atoms with Crippen LogP contribution < -0.4 is 5.32 Å². The number of rotatable bonds is 2. The Hall–Kier alpha value is -0.520. The quantitative estimate of drug-likeness (QED) is 0.812. The van der Waals surface area contributed by atoms with Gasteiger partial charge in [0, 0.05) is 10.6 Å². The summed E-state index contributed by atoms with van der Waals surface area (Å²) in [5.74, 6) is 0.0740. The highest BCUT2D eigenvalue weighted by atomic mass is 32.2. The smallest absolute Gasteiger partial charge is 0.331 e. The number of carboxylic acid groups (broad SMARTS) is 1. The molecule has 3 nitrogen and oxygen atoms in total. The Morgan fingerprint density at radius 2 is 2.50 bits per heavy atom. The maximum atomic E-state index is 10.7. The first-order valence-electron chi connectivity index (χ1n) is 4.33. The van der Waals surface area contributed by atoms with Crippen molar-refractivity contribution in [1.29, 1.82) is 0 Å². The molecule has 2 rings (SSSR count). The van der Waals surface area contributed by atoms with E-state index in [1.807, 2.05) is 5.38 Å². The molecule has 0 aliphatic carbocycles. The molecule has 14 heavy (non-hydrogen) atoms. The molecule has 2 heterocycles. The predicted octanol–water partition coefficient (Wildman–Crippen LogP) is 1.84. The van der Waals surface area contributed by atoms with E-state index in [1.165, 1.54) is 22.2 Å². The fraction of sp³-hybridized carbons (Fsp3) is 0.444. The zero-order valence-electron chi connectivity index (χ0n) is 7.69. The number of carbonyl (C=O) groups is 1. The van der Waals surface area contributed by atoms with Gasteiger partial charge in [-0.2, -0.15) is 0 Å². The molecule has 1 aromatic heterocycles. The van der Waals surface area contributed by atoms with Crippen molar-refractivity contribution in [3.05, 3.63) is 21.9 Å². The van der Waals surface area contributed by atoms with Crippen molar-refractivity contribution in [2.75, 3.05) is 5.75 Å². The second-order valence-corrected chi connectivity index (χ2v) is 5.32. The minimum Gasteiger partial charge on any atom is -0.479 e. The molecule has 0 aromatic carbocycles. The van der Waals surface area contributed by atoms with Crippen molar-refractivity contribution < 1.29 is 9.90 Å². The normalized spacial score (nSPS) is 26.6. The van der Waals surface area contributed by atoms with Gasteiger partial charge in [-0.3, -0.25) is 5.32 Å². The number of hydrogen-bond acceptors (Lipinski definition) is 4. The summed E-state index contributed by atoms with van der Waals surface area (Å²) in [6, 6.07) is 2.28. The van der Waals surface area contributed by atoms with E-state index < -0.39 is 11.3 Å². The zero-order chi connectivity index (χ0) is 10.1.